The van der Waals surface area contributed by atoms with E-state index >= 15 is 0 Å². The second-order valence-electron chi connectivity index (χ2n) is 11.3. The zero-order chi connectivity index (χ0) is 33.2. The Balaban J connectivity index is 1.11. The first-order valence-electron chi connectivity index (χ1n) is 16.7. The molecule has 3 nitrogen and oxygen atoms in total. The van der Waals surface area contributed by atoms with Crippen molar-refractivity contribution in [2.75, 3.05) is 9.80 Å². The lowest BCUT2D eigenvalue weighted by atomic mass is 10.1. The molecule has 0 spiro atoms. The van der Waals surface area contributed by atoms with Crippen LogP contribution in [0, 0.1) is 0 Å². The monoisotopic (exact) mass is 608 g/mol. The molecule has 0 saturated carbocycles. The molecule has 0 amide bonds. The first kappa shape index (κ1) is 26.0. The summed E-state index contributed by atoms with van der Waals surface area (Å²) in [6.45, 7) is 0. The van der Waals surface area contributed by atoms with Crippen molar-refractivity contribution in [1.29, 1.82) is 0 Å². The molecule has 3 heteroatoms. The molecule has 0 bridgehead atoms. The Morgan fingerprint density at radius 1 is 0.340 bits per heavy atom. The van der Waals surface area contributed by atoms with Crippen molar-refractivity contribution in [3.05, 3.63) is 194 Å². The first-order valence-corrected chi connectivity index (χ1v) is 15.7. The van der Waals surface area contributed by atoms with Gasteiger partial charge in [-0.15, -0.1) is 0 Å². The fraction of sp³-hybridized carbons (Fsp3) is 0. The predicted molar refractivity (Wildman–Crippen MR) is 197 cm³/mol. The quantitative estimate of drug-likeness (QED) is 0.171. The fourth-order valence-corrected chi connectivity index (χ4v) is 6.17. The minimum atomic E-state index is 0.456. The van der Waals surface area contributed by atoms with Gasteiger partial charge in [-0.3, -0.25) is 0 Å². The van der Waals surface area contributed by atoms with Gasteiger partial charge >= 0.3 is 0 Å². The summed E-state index contributed by atoms with van der Waals surface area (Å²) in [7, 11) is 0. The van der Waals surface area contributed by atoms with Gasteiger partial charge in [0.2, 0.25) is 0 Å². The summed E-state index contributed by atoms with van der Waals surface area (Å²) in [6.07, 6.45) is 0. The van der Waals surface area contributed by atoms with Crippen molar-refractivity contribution in [1.82, 2.24) is 0 Å². The lowest BCUT2D eigenvalue weighted by Gasteiger charge is -2.27. The summed E-state index contributed by atoms with van der Waals surface area (Å²) in [4.78, 5) is 4.37. The summed E-state index contributed by atoms with van der Waals surface area (Å²) in [5.41, 5.74) is 5.85. The molecule has 47 heavy (non-hydrogen) atoms. The summed E-state index contributed by atoms with van der Waals surface area (Å²) < 4.78 is 23.0. The number of hydrogen-bond acceptors (Lipinski definition) is 3. The molecule has 0 unspecified atom stereocenters. The van der Waals surface area contributed by atoms with Gasteiger partial charge in [-0.25, -0.2) is 0 Å². The van der Waals surface area contributed by atoms with Gasteiger partial charge in [0.1, 0.15) is 11.5 Å². The highest BCUT2D eigenvalue weighted by atomic mass is 16.5. The molecular formula is C44H32N2O. The molecule has 8 aromatic rings. The lowest BCUT2D eigenvalue weighted by Crippen LogP contribution is -2.10. The summed E-state index contributed by atoms with van der Waals surface area (Å²) in [5.74, 6) is 1.44. The zero-order valence-corrected chi connectivity index (χ0v) is 25.6. The maximum atomic E-state index is 8.30. The topological polar surface area (TPSA) is 15.7 Å². The third-order valence-electron chi connectivity index (χ3n) is 8.34. The highest BCUT2D eigenvalue weighted by Gasteiger charge is 2.17. The highest BCUT2D eigenvalue weighted by molar-refractivity contribution is 6.00. The molecule has 0 radical (unpaired) electrons. The first-order chi connectivity index (χ1) is 24.1. The normalized spacial score (nSPS) is 11.6. The van der Waals surface area contributed by atoms with Gasteiger partial charge in [-0.05, 0) is 95.7 Å². The van der Waals surface area contributed by atoms with Crippen molar-refractivity contribution in [2.24, 2.45) is 0 Å². The van der Waals surface area contributed by atoms with Crippen molar-refractivity contribution in [3.8, 4) is 11.5 Å². The minimum absolute atomic E-state index is 0.456. The predicted octanol–water partition coefficient (Wildman–Crippen LogP) is 12.7. The number of anilines is 6. The van der Waals surface area contributed by atoms with E-state index in [9.17, 15) is 0 Å². The van der Waals surface area contributed by atoms with E-state index in [1.165, 1.54) is 0 Å². The van der Waals surface area contributed by atoms with Gasteiger partial charge in [-0.1, -0.05) is 109 Å². The van der Waals surface area contributed by atoms with Crippen LogP contribution in [-0.2, 0) is 0 Å². The molecular weight excluding hydrogens is 572 g/mol. The van der Waals surface area contributed by atoms with E-state index in [0.717, 1.165) is 67.2 Å². The van der Waals surface area contributed by atoms with Crippen LogP contribution >= 0.6 is 0 Å². The van der Waals surface area contributed by atoms with E-state index in [-0.39, 0.29) is 0 Å². The second kappa shape index (κ2) is 12.6. The largest absolute Gasteiger partial charge is 0.457 e. The second-order valence-corrected chi connectivity index (χ2v) is 11.3. The smallest absolute Gasteiger partial charge is 0.127 e. The summed E-state index contributed by atoms with van der Waals surface area (Å²) in [6, 6.07) is 61.6. The third kappa shape index (κ3) is 5.67. The van der Waals surface area contributed by atoms with E-state index in [1.807, 2.05) is 60.7 Å². The number of nitrogens with zero attached hydrogens (tertiary/aromatic N) is 2. The SMILES string of the molecule is [3H]c1cccc(N(c2ccc(Oc3ccc(N(c4cccc([3H])c4)c4cccc5ccccc45)cc3)cc2)c2cccc3ccccc23)c1. The molecule has 0 aliphatic carbocycles. The Kier molecular flexibility index (Phi) is 6.95. The number of rotatable bonds is 8. The molecule has 0 saturated heterocycles. The summed E-state index contributed by atoms with van der Waals surface area (Å²) in [5, 5.41) is 4.57. The maximum absolute atomic E-state index is 8.30. The van der Waals surface area contributed by atoms with Crippen LogP contribution in [-0.4, -0.2) is 0 Å². The molecule has 0 heterocycles. The van der Waals surface area contributed by atoms with Crippen LogP contribution in [0.2, 0.25) is 0 Å². The zero-order valence-electron chi connectivity index (χ0n) is 27.6. The molecule has 0 fully saturated rings. The molecule has 0 atom stereocenters. The standard InChI is InChI=1S/C44H32N2O/c1-3-17-35(18-4-1)45(43-23-11-15-33-13-7-9-21-41(33)43)37-25-29-39(30-26-37)47-40-31-27-38(28-32-40)46(36-19-5-2-6-20-36)44-24-12-16-34-14-8-10-22-42(34)44/h1-32H/i3T,5T. The van der Waals surface area contributed by atoms with E-state index < -0.39 is 0 Å². The van der Waals surface area contributed by atoms with Crippen LogP contribution < -0.4 is 14.5 Å². The van der Waals surface area contributed by atoms with E-state index in [1.54, 1.807) is 12.1 Å². The number of hydrogen-bond donors (Lipinski definition) is 0. The summed E-state index contributed by atoms with van der Waals surface area (Å²) >= 11 is 0. The van der Waals surface area contributed by atoms with Gasteiger partial charge < -0.3 is 14.5 Å². The Morgan fingerprint density at radius 3 is 1.17 bits per heavy atom. The van der Waals surface area contributed by atoms with Crippen molar-refractivity contribution in [3.63, 3.8) is 0 Å². The van der Waals surface area contributed by atoms with Crippen LogP contribution in [0.4, 0.5) is 34.1 Å². The van der Waals surface area contributed by atoms with E-state index in [4.69, 9.17) is 7.48 Å². The Labute approximate surface area is 278 Å². The molecule has 0 N–H and O–H groups in total. The van der Waals surface area contributed by atoms with Crippen LogP contribution in [0.3, 0.4) is 0 Å². The maximum Gasteiger partial charge on any atom is 0.127 e. The van der Waals surface area contributed by atoms with Crippen LogP contribution in [0.25, 0.3) is 21.5 Å². The van der Waals surface area contributed by atoms with Crippen LogP contribution in [0.5, 0.6) is 11.5 Å². The van der Waals surface area contributed by atoms with Crippen LogP contribution in [0.15, 0.2) is 194 Å². The van der Waals surface area contributed by atoms with Crippen molar-refractivity contribution < 1.29 is 7.48 Å². The fourth-order valence-electron chi connectivity index (χ4n) is 6.17. The molecule has 0 aliphatic rings. The Hall–Kier alpha value is -6.32. The van der Waals surface area contributed by atoms with E-state index in [0.29, 0.717) is 12.1 Å². The van der Waals surface area contributed by atoms with Gasteiger partial charge in [0, 0.05) is 33.5 Å². The number of para-hydroxylation sites is 2. The van der Waals surface area contributed by atoms with Crippen molar-refractivity contribution >= 4 is 55.7 Å². The van der Waals surface area contributed by atoms with Gasteiger partial charge in [0.25, 0.3) is 0 Å². The lowest BCUT2D eigenvalue weighted by molar-refractivity contribution is 0.483. The van der Waals surface area contributed by atoms with Gasteiger partial charge in [-0.2, -0.15) is 0 Å². The van der Waals surface area contributed by atoms with Crippen molar-refractivity contribution in [2.45, 2.75) is 0 Å². The molecule has 0 aromatic heterocycles. The average molecular weight is 609 g/mol. The average Bonchev–Trinajstić information content (AvgIpc) is 3.14. The van der Waals surface area contributed by atoms with Gasteiger partial charge in [0.05, 0.1) is 14.1 Å². The molecule has 0 aliphatic heterocycles. The van der Waals surface area contributed by atoms with Gasteiger partial charge in [0.15, 0.2) is 0 Å². The minimum Gasteiger partial charge on any atom is -0.457 e. The molecule has 8 rings (SSSR count). The number of fused-ring (bicyclic) bond motifs is 2. The molecule has 8 aromatic carbocycles. The van der Waals surface area contributed by atoms with E-state index in [2.05, 4.69) is 119 Å². The van der Waals surface area contributed by atoms with Crippen LogP contribution in [0.1, 0.15) is 2.74 Å². The number of ether oxygens (including phenoxy) is 1. The Bertz CT molecular complexity index is 2230. The highest BCUT2D eigenvalue weighted by Crippen LogP contribution is 2.41. The Morgan fingerprint density at radius 2 is 0.723 bits per heavy atom. The third-order valence-corrected chi connectivity index (χ3v) is 8.34. The number of benzene rings is 8. The molecule has 224 valence electrons.